The van der Waals surface area contributed by atoms with Crippen LogP contribution in [0, 0.1) is 5.82 Å². The molecule has 1 N–H and O–H groups in total. The van der Waals surface area contributed by atoms with Crippen molar-refractivity contribution in [3.63, 3.8) is 0 Å². The van der Waals surface area contributed by atoms with E-state index in [4.69, 9.17) is 0 Å². The van der Waals surface area contributed by atoms with Gasteiger partial charge in [-0.25, -0.2) is 4.39 Å². The summed E-state index contributed by atoms with van der Waals surface area (Å²) in [5.74, 6) is -0.598. The Balaban J connectivity index is 1.87. The molecule has 0 unspecified atom stereocenters. The molecule has 1 aliphatic rings. The molecule has 0 aromatic heterocycles. The minimum absolute atomic E-state index is 0.125. The Hall–Kier alpha value is -2.75. The summed E-state index contributed by atoms with van der Waals surface area (Å²) in [5, 5.41) is 2.68. The lowest BCUT2D eigenvalue weighted by Crippen LogP contribution is -2.05. The second kappa shape index (κ2) is 5.56. The highest BCUT2D eigenvalue weighted by atomic mass is 19.1. The Morgan fingerprint density at radius 3 is 2.55 bits per heavy atom. The van der Waals surface area contributed by atoms with E-state index in [0.717, 1.165) is 5.56 Å². The van der Waals surface area contributed by atoms with Crippen molar-refractivity contribution in [2.75, 3.05) is 5.32 Å². The normalized spacial score (nSPS) is 15.0. The molecule has 1 amide bonds. The molecule has 22 heavy (non-hydrogen) atoms. The van der Waals surface area contributed by atoms with E-state index in [-0.39, 0.29) is 17.5 Å². The molecule has 2 aromatic carbocycles. The predicted octanol–water partition coefficient (Wildman–Crippen LogP) is 3.61. The monoisotopic (exact) mass is 295 g/mol. The molecule has 4 heteroatoms. The highest BCUT2D eigenvalue weighted by Crippen LogP contribution is 2.29. The SMILES string of the molecule is CC(=O)Nc1ccc(/C=C2\Cc3c(F)cccc3C2=O)cc1. The maximum atomic E-state index is 13.7. The molecule has 0 saturated carbocycles. The minimum Gasteiger partial charge on any atom is -0.326 e. The van der Waals surface area contributed by atoms with Crippen LogP contribution < -0.4 is 5.32 Å². The van der Waals surface area contributed by atoms with Gasteiger partial charge in [0.25, 0.3) is 0 Å². The summed E-state index contributed by atoms with van der Waals surface area (Å²) >= 11 is 0. The Bertz CT molecular complexity index is 791. The lowest BCUT2D eigenvalue weighted by atomic mass is 10.1. The number of amides is 1. The van der Waals surface area contributed by atoms with Crippen LogP contribution in [-0.4, -0.2) is 11.7 Å². The van der Waals surface area contributed by atoms with Crippen molar-refractivity contribution in [2.45, 2.75) is 13.3 Å². The van der Waals surface area contributed by atoms with Gasteiger partial charge in [-0.1, -0.05) is 24.3 Å². The summed E-state index contributed by atoms with van der Waals surface area (Å²) in [6, 6.07) is 11.7. The molecule has 0 aliphatic heterocycles. The van der Waals surface area contributed by atoms with Crippen LogP contribution in [-0.2, 0) is 11.2 Å². The van der Waals surface area contributed by atoms with Crippen molar-refractivity contribution in [3.8, 4) is 0 Å². The smallest absolute Gasteiger partial charge is 0.221 e. The molecule has 110 valence electrons. The Morgan fingerprint density at radius 1 is 1.18 bits per heavy atom. The average Bonchev–Trinajstić information content (AvgIpc) is 2.79. The van der Waals surface area contributed by atoms with Gasteiger partial charge in [-0.3, -0.25) is 9.59 Å². The third-order valence-electron chi connectivity index (χ3n) is 3.59. The molecule has 0 heterocycles. The molecule has 0 bridgehead atoms. The zero-order chi connectivity index (χ0) is 15.7. The van der Waals surface area contributed by atoms with E-state index in [0.29, 0.717) is 28.8 Å². The van der Waals surface area contributed by atoms with Crippen molar-refractivity contribution in [2.24, 2.45) is 0 Å². The molecule has 0 saturated heterocycles. The second-order valence-electron chi connectivity index (χ2n) is 5.24. The number of carbonyl (C=O) groups excluding carboxylic acids is 2. The number of nitrogens with one attached hydrogen (secondary N) is 1. The molecule has 0 atom stereocenters. The van der Waals surface area contributed by atoms with Crippen molar-refractivity contribution in [1.29, 1.82) is 0 Å². The maximum absolute atomic E-state index is 13.7. The van der Waals surface area contributed by atoms with Gasteiger partial charge in [0.15, 0.2) is 5.78 Å². The number of rotatable bonds is 2. The van der Waals surface area contributed by atoms with Gasteiger partial charge in [0.1, 0.15) is 5.82 Å². The molecule has 2 aromatic rings. The minimum atomic E-state index is -0.338. The third-order valence-corrected chi connectivity index (χ3v) is 3.59. The van der Waals surface area contributed by atoms with Gasteiger partial charge in [-0.2, -0.15) is 0 Å². The van der Waals surface area contributed by atoms with Gasteiger partial charge in [0, 0.05) is 35.7 Å². The molecule has 0 spiro atoms. The van der Waals surface area contributed by atoms with Gasteiger partial charge in [-0.05, 0) is 29.8 Å². The second-order valence-corrected chi connectivity index (χ2v) is 5.24. The molecule has 0 fully saturated rings. The van der Waals surface area contributed by atoms with E-state index in [1.54, 1.807) is 30.3 Å². The fourth-order valence-electron chi connectivity index (χ4n) is 2.58. The Morgan fingerprint density at radius 2 is 1.91 bits per heavy atom. The average molecular weight is 295 g/mol. The van der Waals surface area contributed by atoms with Crippen LogP contribution in [0.3, 0.4) is 0 Å². The van der Waals surface area contributed by atoms with Gasteiger partial charge in [0.05, 0.1) is 0 Å². The first-order valence-corrected chi connectivity index (χ1v) is 6.95. The summed E-state index contributed by atoms with van der Waals surface area (Å²) in [4.78, 5) is 23.2. The first kappa shape index (κ1) is 14.2. The van der Waals surface area contributed by atoms with E-state index in [1.807, 2.05) is 12.1 Å². The summed E-state index contributed by atoms with van der Waals surface area (Å²) in [6.45, 7) is 1.44. The fourth-order valence-corrected chi connectivity index (χ4v) is 2.58. The summed E-state index contributed by atoms with van der Waals surface area (Å²) in [7, 11) is 0. The van der Waals surface area contributed by atoms with Gasteiger partial charge in [-0.15, -0.1) is 0 Å². The molecule has 3 nitrogen and oxygen atoms in total. The van der Waals surface area contributed by atoms with Crippen molar-refractivity contribution in [3.05, 3.63) is 70.5 Å². The van der Waals surface area contributed by atoms with E-state index in [1.165, 1.54) is 13.0 Å². The Labute approximate surface area is 127 Å². The molecule has 3 rings (SSSR count). The van der Waals surface area contributed by atoms with Gasteiger partial charge in [0.2, 0.25) is 5.91 Å². The quantitative estimate of drug-likeness (QED) is 0.860. The first-order valence-electron chi connectivity index (χ1n) is 6.95. The van der Waals surface area contributed by atoms with Crippen molar-refractivity contribution in [1.82, 2.24) is 0 Å². The zero-order valence-electron chi connectivity index (χ0n) is 12.0. The van der Waals surface area contributed by atoms with Crippen LogP contribution >= 0.6 is 0 Å². The number of anilines is 1. The third kappa shape index (κ3) is 2.68. The maximum Gasteiger partial charge on any atom is 0.221 e. The van der Waals surface area contributed by atoms with Crippen LogP contribution in [0.1, 0.15) is 28.4 Å². The number of fused-ring (bicyclic) bond motifs is 1. The standard InChI is InChI=1S/C18H14FNO2/c1-11(21)20-14-7-5-12(6-8-14)9-13-10-16-15(18(13)22)3-2-4-17(16)19/h2-9H,10H2,1H3,(H,20,21)/b13-9+. The van der Waals surface area contributed by atoms with Crippen LogP contribution in [0.2, 0.25) is 0 Å². The van der Waals surface area contributed by atoms with Crippen molar-refractivity contribution < 1.29 is 14.0 Å². The van der Waals surface area contributed by atoms with E-state index in [9.17, 15) is 14.0 Å². The van der Waals surface area contributed by atoms with E-state index >= 15 is 0 Å². The summed E-state index contributed by atoms with van der Waals surface area (Å²) in [6.07, 6.45) is 2.08. The summed E-state index contributed by atoms with van der Waals surface area (Å²) in [5.41, 5.74) is 3.02. The molecule has 1 aliphatic carbocycles. The van der Waals surface area contributed by atoms with Gasteiger partial charge < -0.3 is 5.32 Å². The highest BCUT2D eigenvalue weighted by Gasteiger charge is 2.26. The van der Waals surface area contributed by atoms with Gasteiger partial charge >= 0.3 is 0 Å². The van der Waals surface area contributed by atoms with Crippen LogP contribution in [0.25, 0.3) is 6.08 Å². The molecular weight excluding hydrogens is 281 g/mol. The van der Waals surface area contributed by atoms with E-state index in [2.05, 4.69) is 5.32 Å². The number of ketones is 1. The first-order chi connectivity index (χ1) is 10.5. The topological polar surface area (TPSA) is 46.2 Å². The number of Topliss-reactive ketones (excluding diaryl/α,β-unsaturated/α-hetero) is 1. The summed E-state index contributed by atoms with van der Waals surface area (Å²) < 4.78 is 13.7. The molecular formula is C18H14FNO2. The number of halogens is 1. The lowest BCUT2D eigenvalue weighted by molar-refractivity contribution is -0.114. The molecule has 0 radical (unpaired) electrons. The number of hydrogen-bond donors (Lipinski definition) is 1. The largest absolute Gasteiger partial charge is 0.326 e. The van der Waals surface area contributed by atoms with Crippen LogP contribution in [0.15, 0.2) is 48.0 Å². The number of carbonyl (C=O) groups is 2. The zero-order valence-corrected chi connectivity index (χ0v) is 12.0. The van der Waals surface area contributed by atoms with Crippen molar-refractivity contribution >= 4 is 23.5 Å². The lowest BCUT2D eigenvalue weighted by Gasteiger charge is -2.02. The number of benzene rings is 2. The Kier molecular flexibility index (Phi) is 3.59. The van der Waals surface area contributed by atoms with Crippen LogP contribution in [0.4, 0.5) is 10.1 Å². The highest BCUT2D eigenvalue weighted by molar-refractivity contribution is 6.15. The number of allylic oxidation sites excluding steroid dienone is 1. The predicted molar refractivity (Wildman–Crippen MR) is 83.2 cm³/mol. The number of hydrogen-bond acceptors (Lipinski definition) is 2. The van der Waals surface area contributed by atoms with E-state index < -0.39 is 0 Å². The fraction of sp³-hybridized carbons (Fsp3) is 0.111. The van der Waals surface area contributed by atoms with Crippen LogP contribution in [0.5, 0.6) is 0 Å².